The molecule has 0 N–H and O–H groups in total. The Morgan fingerprint density at radius 3 is 2.41 bits per heavy atom. The van der Waals surface area contributed by atoms with Crippen molar-refractivity contribution in [3.8, 4) is 11.5 Å². The van der Waals surface area contributed by atoms with Gasteiger partial charge in [0.2, 0.25) is 0 Å². The predicted octanol–water partition coefficient (Wildman–Crippen LogP) is 5.75. The molecule has 0 bridgehead atoms. The Labute approximate surface area is 200 Å². The van der Waals surface area contributed by atoms with E-state index in [0.29, 0.717) is 29.9 Å². The van der Waals surface area contributed by atoms with Gasteiger partial charge >= 0.3 is 0 Å². The molecule has 0 unspecified atom stereocenters. The van der Waals surface area contributed by atoms with Gasteiger partial charge in [0.1, 0.15) is 29.4 Å². The lowest BCUT2D eigenvalue weighted by atomic mass is 10.1. The van der Waals surface area contributed by atoms with Crippen LogP contribution < -0.4 is 14.9 Å². The monoisotopic (exact) mass is 457 g/mol. The number of rotatable bonds is 10. The number of nitrogens with zero attached hydrogens (tertiary/aromatic N) is 1. The molecule has 4 rings (SSSR count). The summed E-state index contributed by atoms with van der Waals surface area (Å²) in [7, 11) is 1.65. The van der Waals surface area contributed by atoms with Gasteiger partial charge in [0, 0.05) is 19.2 Å². The topological polar surface area (TPSA) is 51.9 Å². The molecule has 0 saturated heterocycles. The van der Waals surface area contributed by atoms with Crippen molar-refractivity contribution < 1.29 is 13.9 Å². The van der Waals surface area contributed by atoms with Crippen LogP contribution in [0.2, 0.25) is 0 Å². The van der Waals surface area contributed by atoms with Crippen LogP contribution >= 0.6 is 0 Å². The molecule has 176 valence electrons. The molecule has 0 aliphatic carbocycles. The molecule has 0 fully saturated rings. The normalized spacial score (nSPS) is 11.2. The average molecular weight is 458 g/mol. The van der Waals surface area contributed by atoms with Crippen LogP contribution in [0.1, 0.15) is 29.4 Å². The molecule has 3 aromatic carbocycles. The molecule has 0 aliphatic heterocycles. The summed E-state index contributed by atoms with van der Waals surface area (Å²) in [6.45, 7) is 6.76. The van der Waals surface area contributed by atoms with Crippen LogP contribution in [0.4, 0.5) is 0 Å². The van der Waals surface area contributed by atoms with Gasteiger partial charge in [-0.3, -0.25) is 9.69 Å². The highest BCUT2D eigenvalue weighted by Crippen LogP contribution is 2.30. The number of methoxy groups -OCH3 is 1. The predicted molar refractivity (Wildman–Crippen MR) is 136 cm³/mol. The summed E-state index contributed by atoms with van der Waals surface area (Å²) in [6.07, 6.45) is 0.949. The molecule has 5 nitrogen and oxygen atoms in total. The van der Waals surface area contributed by atoms with E-state index in [4.69, 9.17) is 13.9 Å². The lowest BCUT2D eigenvalue weighted by Gasteiger charge is -2.23. The quantitative estimate of drug-likeness (QED) is 0.303. The molecule has 0 aliphatic rings. The van der Waals surface area contributed by atoms with Crippen molar-refractivity contribution in [2.45, 2.75) is 33.4 Å². The first-order valence-corrected chi connectivity index (χ1v) is 11.7. The Hall–Kier alpha value is -3.57. The van der Waals surface area contributed by atoms with Crippen molar-refractivity contribution in [2.24, 2.45) is 0 Å². The molecule has 1 aromatic heterocycles. The lowest BCUT2D eigenvalue weighted by Crippen LogP contribution is -2.26. The fourth-order valence-electron chi connectivity index (χ4n) is 4.05. The van der Waals surface area contributed by atoms with Crippen molar-refractivity contribution in [3.63, 3.8) is 0 Å². The second-order valence-electron chi connectivity index (χ2n) is 8.38. The van der Waals surface area contributed by atoms with E-state index in [0.717, 1.165) is 42.1 Å². The van der Waals surface area contributed by atoms with Gasteiger partial charge in [-0.15, -0.1) is 0 Å². The maximum absolute atomic E-state index is 12.6. The van der Waals surface area contributed by atoms with E-state index in [2.05, 4.69) is 36.1 Å². The molecule has 4 aromatic rings. The van der Waals surface area contributed by atoms with Crippen molar-refractivity contribution in [2.75, 3.05) is 20.2 Å². The van der Waals surface area contributed by atoms with E-state index in [1.807, 2.05) is 43.3 Å². The van der Waals surface area contributed by atoms with Crippen LogP contribution in [0.25, 0.3) is 11.0 Å². The fourth-order valence-corrected chi connectivity index (χ4v) is 4.05. The van der Waals surface area contributed by atoms with Gasteiger partial charge in [-0.2, -0.15) is 0 Å². The van der Waals surface area contributed by atoms with Crippen LogP contribution in [0.15, 0.2) is 82.0 Å². The van der Waals surface area contributed by atoms with Crippen LogP contribution in [-0.4, -0.2) is 25.1 Å². The molecule has 0 radical (unpaired) electrons. The maximum atomic E-state index is 12.6. The van der Waals surface area contributed by atoms with Crippen LogP contribution in [-0.2, 0) is 19.6 Å². The van der Waals surface area contributed by atoms with Crippen molar-refractivity contribution in [1.82, 2.24) is 4.90 Å². The molecule has 0 amide bonds. The number of ether oxygens (including phenoxy) is 2. The number of benzene rings is 3. The highest BCUT2D eigenvalue weighted by molar-refractivity contribution is 5.82. The molecular formula is C29H31NO4. The highest BCUT2D eigenvalue weighted by atomic mass is 16.5. The van der Waals surface area contributed by atoms with Gasteiger partial charge in [0.25, 0.3) is 0 Å². The minimum Gasteiger partial charge on any atom is -0.497 e. The average Bonchev–Trinajstić information content (AvgIpc) is 2.86. The van der Waals surface area contributed by atoms with Gasteiger partial charge in [0.15, 0.2) is 5.43 Å². The maximum Gasteiger partial charge on any atom is 0.192 e. The summed E-state index contributed by atoms with van der Waals surface area (Å²) >= 11 is 0. The van der Waals surface area contributed by atoms with Crippen molar-refractivity contribution in [3.05, 3.63) is 105 Å². The molecule has 5 heteroatoms. The van der Waals surface area contributed by atoms with Crippen LogP contribution in [0.5, 0.6) is 11.5 Å². The number of hydrogen-bond acceptors (Lipinski definition) is 5. The van der Waals surface area contributed by atoms with E-state index in [1.165, 1.54) is 11.6 Å². The second-order valence-corrected chi connectivity index (χ2v) is 8.38. The second kappa shape index (κ2) is 11.0. The van der Waals surface area contributed by atoms with Gasteiger partial charge in [-0.25, -0.2) is 0 Å². The van der Waals surface area contributed by atoms with E-state index in [9.17, 15) is 4.79 Å². The molecule has 0 spiro atoms. The third-order valence-electron chi connectivity index (χ3n) is 6.02. The Bertz CT molecular complexity index is 1280. The summed E-state index contributed by atoms with van der Waals surface area (Å²) in [5, 5.41) is 0.580. The fraction of sp³-hybridized carbons (Fsp3) is 0.276. The zero-order chi connectivity index (χ0) is 23.9. The zero-order valence-electron chi connectivity index (χ0n) is 20.0. The summed E-state index contributed by atoms with van der Waals surface area (Å²) in [5.41, 5.74) is 3.82. The SMILES string of the molecule is CCN(CCc1ccccc1)Cc1c(OCc2ccc(OC)cc2)ccc2c(=O)cc(C)oc12. The van der Waals surface area contributed by atoms with E-state index in [1.54, 1.807) is 13.2 Å². The van der Waals surface area contributed by atoms with Crippen molar-refractivity contribution in [1.29, 1.82) is 0 Å². The van der Waals surface area contributed by atoms with Gasteiger partial charge < -0.3 is 13.9 Å². The standard InChI is InChI=1S/C29H31NO4/c1-4-30(17-16-22-8-6-5-7-9-22)19-26-28(33-20-23-10-12-24(32-3)13-11-23)15-14-25-27(31)18-21(2)34-29(25)26/h5-15,18H,4,16-17,19-20H2,1-3H3. The minimum absolute atomic E-state index is 0.0333. The number of aryl methyl sites for hydroxylation is 1. The Kier molecular flexibility index (Phi) is 7.65. The van der Waals surface area contributed by atoms with E-state index < -0.39 is 0 Å². The van der Waals surface area contributed by atoms with E-state index in [-0.39, 0.29) is 5.43 Å². The summed E-state index contributed by atoms with van der Waals surface area (Å²) in [4.78, 5) is 15.0. The largest absolute Gasteiger partial charge is 0.497 e. The minimum atomic E-state index is -0.0333. The van der Waals surface area contributed by atoms with Gasteiger partial charge in [0.05, 0.1) is 18.1 Å². The summed E-state index contributed by atoms with van der Waals surface area (Å²) in [6, 6.07) is 23.5. The molecule has 34 heavy (non-hydrogen) atoms. The van der Waals surface area contributed by atoms with Gasteiger partial charge in [-0.05, 0) is 55.3 Å². The first kappa shape index (κ1) is 23.6. The first-order chi connectivity index (χ1) is 16.6. The smallest absolute Gasteiger partial charge is 0.192 e. The van der Waals surface area contributed by atoms with E-state index >= 15 is 0 Å². The lowest BCUT2D eigenvalue weighted by molar-refractivity contribution is 0.265. The molecular weight excluding hydrogens is 426 g/mol. The van der Waals surface area contributed by atoms with Crippen molar-refractivity contribution >= 4 is 11.0 Å². The van der Waals surface area contributed by atoms with Crippen LogP contribution in [0.3, 0.4) is 0 Å². The Morgan fingerprint density at radius 2 is 1.71 bits per heavy atom. The zero-order valence-corrected chi connectivity index (χ0v) is 20.0. The first-order valence-electron chi connectivity index (χ1n) is 11.7. The number of hydrogen-bond donors (Lipinski definition) is 0. The summed E-state index contributed by atoms with van der Waals surface area (Å²) in [5.74, 6) is 2.14. The molecule has 0 atom stereocenters. The number of likely N-dealkylation sites (N-methyl/N-ethyl adjacent to an activating group) is 1. The highest BCUT2D eigenvalue weighted by Gasteiger charge is 2.17. The number of fused-ring (bicyclic) bond motifs is 1. The van der Waals surface area contributed by atoms with Gasteiger partial charge in [-0.1, -0.05) is 49.4 Å². The molecule has 1 heterocycles. The Balaban J connectivity index is 1.62. The molecule has 0 saturated carbocycles. The Morgan fingerprint density at radius 1 is 0.941 bits per heavy atom. The third-order valence-corrected chi connectivity index (χ3v) is 6.02. The third kappa shape index (κ3) is 5.67. The summed E-state index contributed by atoms with van der Waals surface area (Å²) < 4.78 is 17.6. The van der Waals surface area contributed by atoms with Crippen LogP contribution in [0, 0.1) is 6.92 Å².